The summed E-state index contributed by atoms with van der Waals surface area (Å²) in [6.07, 6.45) is 1.00. The van der Waals surface area contributed by atoms with Crippen LogP contribution in [0.2, 0.25) is 0 Å². The van der Waals surface area contributed by atoms with Crippen LogP contribution in [0.5, 0.6) is 5.75 Å². The third-order valence-corrected chi connectivity index (χ3v) is 4.37. The third-order valence-electron chi connectivity index (χ3n) is 4.37. The maximum atomic E-state index is 12.9. The van der Waals surface area contributed by atoms with Gasteiger partial charge in [-0.3, -0.25) is 9.59 Å². The third kappa shape index (κ3) is 5.34. The van der Waals surface area contributed by atoms with Gasteiger partial charge in [0.05, 0.1) is 7.11 Å². The van der Waals surface area contributed by atoms with E-state index in [0.717, 1.165) is 16.9 Å². The van der Waals surface area contributed by atoms with Gasteiger partial charge >= 0.3 is 0 Å². The van der Waals surface area contributed by atoms with Gasteiger partial charge in [-0.05, 0) is 36.6 Å². The van der Waals surface area contributed by atoms with Crippen LogP contribution in [0.3, 0.4) is 0 Å². The van der Waals surface area contributed by atoms with Crippen LogP contribution in [0.4, 0.5) is 0 Å². The fourth-order valence-corrected chi connectivity index (χ4v) is 2.80. The first-order valence-corrected chi connectivity index (χ1v) is 8.73. The SMILES string of the molecule is CNC(=O)[C@H](C)N(Cc1cccc(OC)c1)C(=O)CCc1ccccc1. The molecule has 0 aliphatic heterocycles. The van der Waals surface area contributed by atoms with Gasteiger partial charge < -0.3 is 15.0 Å². The quantitative estimate of drug-likeness (QED) is 0.793. The van der Waals surface area contributed by atoms with Crippen LogP contribution in [0, 0.1) is 0 Å². The van der Waals surface area contributed by atoms with Crippen molar-refractivity contribution in [3.63, 3.8) is 0 Å². The van der Waals surface area contributed by atoms with Crippen molar-refractivity contribution in [2.45, 2.75) is 32.4 Å². The highest BCUT2D eigenvalue weighted by atomic mass is 16.5. The number of ether oxygens (including phenoxy) is 1. The number of benzene rings is 2. The number of aryl methyl sites for hydroxylation is 1. The Morgan fingerprint density at radius 3 is 2.42 bits per heavy atom. The van der Waals surface area contributed by atoms with E-state index in [1.165, 1.54) is 0 Å². The average molecular weight is 354 g/mol. The molecule has 0 aliphatic rings. The van der Waals surface area contributed by atoms with E-state index in [9.17, 15) is 9.59 Å². The highest BCUT2D eigenvalue weighted by Crippen LogP contribution is 2.17. The molecule has 0 aliphatic carbocycles. The molecule has 2 aromatic rings. The molecule has 26 heavy (non-hydrogen) atoms. The van der Waals surface area contributed by atoms with E-state index in [1.54, 1.807) is 26.0 Å². The molecule has 0 heterocycles. The fraction of sp³-hybridized carbons (Fsp3) is 0.333. The van der Waals surface area contributed by atoms with Crippen molar-refractivity contribution >= 4 is 11.8 Å². The number of hydrogen-bond donors (Lipinski definition) is 1. The first kappa shape index (κ1) is 19.5. The Bertz CT molecular complexity index is 731. The smallest absolute Gasteiger partial charge is 0.242 e. The summed E-state index contributed by atoms with van der Waals surface area (Å²) in [6, 6.07) is 16.9. The Hall–Kier alpha value is -2.82. The Balaban J connectivity index is 2.14. The lowest BCUT2D eigenvalue weighted by Gasteiger charge is -2.28. The Labute approximate surface area is 155 Å². The number of amides is 2. The first-order valence-electron chi connectivity index (χ1n) is 8.73. The maximum Gasteiger partial charge on any atom is 0.242 e. The van der Waals surface area contributed by atoms with Crippen molar-refractivity contribution in [2.24, 2.45) is 0 Å². The molecule has 0 aromatic heterocycles. The molecule has 0 saturated carbocycles. The molecule has 2 rings (SSSR count). The van der Waals surface area contributed by atoms with Crippen LogP contribution in [-0.4, -0.2) is 36.9 Å². The monoisotopic (exact) mass is 354 g/mol. The summed E-state index contributed by atoms with van der Waals surface area (Å²) >= 11 is 0. The second-order valence-corrected chi connectivity index (χ2v) is 6.15. The second-order valence-electron chi connectivity index (χ2n) is 6.15. The minimum absolute atomic E-state index is 0.0484. The lowest BCUT2D eigenvalue weighted by atomic mass is 10.1. The van der Waals surface area contributed by atoms with Crippen LogP contribution >= 0.6 is 0 Å². The predicted molar refractivity (Wildman–Crippen MR) is 102 cm³/mol. The van der Waals surface area contributed by atoms with E-state index in [2.05, 4.69) is 5.32 Å². The van der Waals surface area contributed by atoms with Crippen LogP contribution in [0.25, 0.3) is 0 Å². The molecular weight excluding hydrogens is 328 g/mol. The number of hydrogen-bond acceptors (Lipinski definition) is 3. The van der Waals surface area contributed by atoms with E-state index >= 15 is 0 Å². The molecule has 0 fully saturated rings. The van der Waals surface area contributed by atoms with Gasteiger partial charge in [-0.1, -0.05) is 42.5 Å². The largest absolute Gasteiger partial charge is 0.497 e. The standard InChI is InChI=1S/C21H26N2O3/c1-16(21(25)22-2)23(15-18-10-7-11-19(14-18)26-3)20(24)13-12-17-8-5-4-6-9-17/h4-11,14,16H,12-13,15H2,1-3H3,(H,22,25)/t16-/m0/s1. The Morgan fingerprint density at radius 2 is 1.77 bits per heavy atom. The molecule has 138 valence electrons. The molecular formula is C21H26N2O3. The molecule has 2 aromatic carbocycles. The average Bonchev–Trinajstić information content (AvgIpc) is 2.70. The van der Waals surface area contributed by atoms with Crippen LogP contribution in [0.1, 0.15) is 24.5 Å². The number of likely N-dealkylation sites (N-methyl/N-ethyl adjacent to an activating group) is 1. The van der Waals surface area contributed by atoms with Crippen molar-refractivity contribution in [2.75, 3.05) is 14.2 Å². The number of nitrogens with one attached hydrogen (secondary N) is 1. The first-order chi connectivity index (χ1) is 12.5. The van der Waals surface area contributed by atoms with Gasteiger partial charge in [0, 0.05) is 20.0 Å². The predicted octanol–water partition coefficient (Wildman–Crippen LogP) is 2.79. The van der Waals surface area contributed by atoms with Crippen molar-refractivity contribution in [1.82, 2.24) is 10.2 Å². The van der Waals surface area contributed by atoms with E-state index < -0.39 is 6.04 Å². The van der Waals surface area contributed by atoms with Crippen LogP contribution in [0.15, 0.2) is 54.6 Å². The number of rotatable bonds is 8. The van der Waals surface area contributed by atoms with Gasteiger partial charge in [0.1, 0.15) is 11.8 Å². The molecule has 0 unspecified atom stereocenters. The Kier molecular flexibility index (Phi) is 7.21. The molecule has 1 N–H and O–H groups in total. The van der Waals surface area contributed by atoms with E-state index in [0.29, 0.717) is 19.4 Å². The minimum Gasteiger partial charge on any atom is -0.497 e. The van der Waals surface area contributed by atoms with Gasteiger partial charge in [-0.15, -0.1) is 0 Å². The lowest BCUT2D eigenvalue weighted by molar-refractivity contribution is -0.140. The zero-order chi connectivity index (χ0) is 18.9. The van der Waals surface area contributed by atoms with Crippen LogP contribution in [-0.2, 0) is 22.6 Å². The summed E-state index contributed by atoms with van der Waals surface area (Å²) < 4.78 is 5.25. The maximum absolute atomic E-state index is 12.9. The minimum atomic E-state index is -0.547. The summed E-state index contributed by atoms with van der Waals surface area (Å²) in [5, 5.41) is 2.62. The molecule has 5 heteroatoms. The van der Waals surface area contributed by atoms with Crippen molar-refractivity contribution < 1.29 is 14.3 Å². The molecule has 0 radical (unpaired) electrons. The highest BCUT2D eigenvalue weighted by molar-refractivity contribution is 5.87. The van der Waals surface area contributed by atoms with Gasteiger partial charge in [0.2, 0.25) is 11.8 Å². The summed E-state index contributed by atoms with van der Waals surface area (Å²) in [5.41, 5.74) is 2.03. The topological polar surface area (TPSA) is 58.6 Å². The molecule has 2 amide bonds. The highest BCUT2D eigenvalue weighted by Gasteiger charge is 2.25. The van der Waals surface area contributed by atoms with Crippen molar-refractivity contribution in [1.29, 1.82) is 0 Å². The number of carbonyl (C=O) groups excluding carboxylic acids is 2. The summed E-state index contributed by atoms with van der Waals surface area (Å²) in [6.45, 7) is 2.11. The normalized spacial score (nSPS) is 11.5. The number of nitrogens with zero attached hydrogens (tertiary/aromatic N) is 1. The second kappa shape index (κ2) is 9.61. The zero-order valence-electron chi connectivity index (χ0n) is 15.6. The summed E-state index contributed by atoms with van der Waals surface area (Å²) in [7, 11) is 3.19. The lowest BCUT2D eigenvalue weighted by Crippen LogP contribution is -2.46. The molecule has 1 atom stereocenters. The van der Waals surface area contributed by atoms with Crippen molar-refractivity contribution in [3.8, 4) is 5.75 Å². The van der Waals surface area contributed by atoms with Crippen LogP contribution < -0.4 is 10.1 Å². The van der Waals surface area contributed by atoms with Gasteiger partial charge in [0.15, 0.2) is 0 Å². The summed E-state index contributed by atoms with van der Waals surface area (Å²) in [5.74, 6) is 0.500. The van der Waals surface area contributed by atoms with E-state index in [-0.39, 0.29) is 11.8 Å². The molecule has 5 nitrogen and oxygen atoms in total. The van der Waals surface area contributed by atoms with Gasteiger partial charge in [0.25, 0.3) is 0 Å². The fourth-order valence-electron chi connectivity index (χ4n) is 2.80. The molecule has 0 spiro atoms. The number of carbonyl (C=O) groups is 2. The molecule has 0 saturated heterocycles. The van der Waals surface area contributed by atoms with Gasteiger partial charge in [-0.25, -0.2) is 0 Å². The number of methoxy groups -OCH3 is 1. The van der Waals surface area contributed by atoms with Gasteiger partial charge in [-0.2, -0.15) is 0 Å². The zero-order valence-corrected chi connectivity index (χ0v) is 15.6. The van der Waals surface area contributed by atoms with E-state index in [1.807, 2.05) is 54.6 Å². The Morgan fingerprint density at radius 1 is 1.08 bits per heavy atom. The summed E-state index contributed by atoms with van der Waals surface area (Å²) in [4.78, 5) is 26.6. The van der Waals surface area contributed by atoms with E-state index in [4.69, 9.17) is 4.74 Å². The molecule has 0 bridgehead atoms. The van der Waals surface area contributed by atoms with Crippen molar-refractivity contribution in [3.05, 3.63) is 65.7 Å².